The van der Waals surface area contributed by atoms with Gasteiger partial charge in [0.25, 0.3) is 5.91 Å². The topological polar surface area (TPSA) is 64.6 Å². The molecule has 24 heavy (non-hydrogen) atoms. The first kappa shape index (κ1) is 17.4. The lowest BCUT2D eigenvalue weighted by atomic mass is 10.2. The molecule has 0 saturated heterocycles. The third kappa shape index (κ3) is 5.35. The summed E-state index contributed by atoms with van der Waals surface area (Å²) in [6.07, 6.45) is 0. The molecule has 0 heterocycles. The summed E-state index contributed by atoms with van der Waals surface area (Å²) in [7, 11) is 0. The first-order valence-electron chi connectivity index (χ1n) is 7.13. The minimum Gasteiger partial charge on any atom is -0.487 e. The van der Waals surface area contributed by atoms with E-state index in [0.717, 1.165) is 6.07 Å². The largest absolute Gasteiger partial charge is 0.487 e. The van der Waals surface area contributed by atoms with Crippen molar-refractivity contribution >= 4 is 11.9 Å². The number of hydrogen-bond acceptors (Lipinski definition) is 4. The predicted octanol–water partition coefficient (Wildman–Crippen LogP) is 2.32. The van der Waals surface area contributed by atoms with Gasteiger partial charge in [0.15, 0.2) is 11.6 Å². The van der Waals surface area contributed by atoms with Crippen LogP contribution >= 0.6 is 0 Å². The number of carbonyl (C=O) groups excluding carboxylic acids is 2. The molecule has 5 nitrogen and oxygen atoms in total. The lowest BCUT2D eigenvalue weighted by Gasteiger charge is -2.08. The molecule has 2 aromatic carbocycles. The van der Waals surface area contributed by atoms with Gasteiger partial charge < -0.3 is 14.8 Å². The number of esters is 1. The number of benzene rings is 2. The minimum atomic E-state index is -0.683. The minimum absolute atomic E-state index is 0.0233. The van der Waals surface area contributed by atoms with Crippen LogP contribution in [0.1, 0.15) is 10.4 Å². The molecule has 0 fully saturated rings. The van der Waals surface area contributed by atoms with Gasteiger partial charge in [-0.1, -0.05) is 18.2 Å². The molecule has 0 atom stereocenters. The normalized spacial score (nSPS) is 10.1. The number of amides is 1. The molecule has 0 bridgehead atoms. The Morgan fingerprint density at radius 3 is 2.54 bits per heavy atom. The van der Waals surface area contributed by atoms with Gasteiger partial charge in [-0.05, 0) is 30.3 Å². The first-order chi connectivity index (χ1) is 11.6. The standard InChI is InChI=1S/C17H15F2NO4/c18-13-5-3-4-12(10-13)17(22)20-11-16(21)24-9-8-23-15-7-2-1-6-14(15)19/h1-7,10H,8-9,11H2,(H,20,22). The van der Waals surface area contributed by atoms with E-state index in [-0.39, 0.29) is 31.1 Å². The third-order valence-corrected chi connectivity index (χ3v) is 2.92. The number of ether oxygens (including phenoxy) is 2. The lowest BCUT2D eigenvalue weighted by molar-refractivity contribution is -0.143. The Bertz CT molecular complexity index is 721. The van der Waals surface area contributed by atoms with Crippen molar-refractivity contribution in [3.63, 3.8) is 0 Å². The van der Waals surface area contributed by atoms with Gasteiger partial charge in [0, 0.05) is 5.56 Å². The van der Waals surface area contributed by atoms with Gasteiger partial charge >= 0.3 is 5.97 Å². The van der Waals surface area contributed by atoms with Crippen molar-refractivity contribution < 1.29 is 27.8 Å². The monoisotopic (exact) mass is 335 g/mol. The van der Waals surface area contributed by atoms with Crippen molar-refractivity contribution in [1.82, 2.24) is 5.32 Å². The number of rotatable bonds is 7. The number of para-hydroxylation sites is 1. The van der Waals surface area contributed by atoms with E-state index in [0.29, 0.717) is 0 Å². The van der Waals surface area contributed by atoms with E-state index in [4.69, 9.17) is 9.47 Å². The van der Waals surface area contributed by atoms with Crippen molar-refractivity contribution in [1.29, 1.82) is 0 Å². The second kappa shape index (κ2) is 8.61. The highest BCUT2D eigenvalue weighted by atomic mass is 19.1. The highest BCUT2D eigenvalue weighted by Gasteiger charge is 2.09. The molecule has 7 heteroatoms. The molecule has 0 aromatic heterocycles. The Hall–Kier alpha value is -2.96. The van der Waals surface area contributed by atoms with Crippen molar-refractivity contribution in [2.45, 2.75) is 0 Å². The summed E-state index contributed by atoms with van der Waals surface area (Å²) in [5, 5.41) is 2.31. The van der Waals surface area contributed by atoms with Crippen LogP contribution in [0, 0.1) is 11.6 Å². The van der Waals surface area contributed by atoms with Gasteiger partial charge in [0.05, 0.1) is 0 Å². The second-order valence-electron chi connectivity index (χ2n) is 4.69. The molecule has 0 aliphatic rings. The molecular formula is C17H15F2NO4. The van der Waals surface area contributed by atoms with Crippen LogP contribution in [-0.4, -0.2) is 31.6 Å². The fraction of sp³-hybridized carbons (Fsp3) is 0.176. The summed E-state index contributed by atoms with van der Waals surface area (Å²) in [4.78, 5) is 23.2. The van der Waals surface area contributed by atoms with Gasteiger partial charge in [-0.15, -0.1) is 0 Å². The maximum atomic E-state index is 13.3. The molecule has 0 aliphatic heterocycles. The fourth-order valence-corrected chi connectivity index (χ4v) is 1.80. The Kier molecular flexibility index (Phi) is 6.24. The highest BCUT2D eigenvalue weighted by molar-refractivity contribution is 5.95. The van der Waals surface area contributed by atoms with Crippen LogP contribution in [0.5, 0.6) is 5.75 Å². The third-order valence-electron chi connectivity index (χ3n) is 2.92. The van der Waals surface area contributed by atoms with Crippen LogP contribution in [0.3, 0.4) is 0 Å². The number of carbonyl (C=O) groups is 2. The lowest BCUT2D eigenvalue weighted by Crippen LogP contribution is -2.31. The molecular weight excluding hydrogens is 320 g/mol. The summed E-state index contributed by atoms with van der Waals surface area (Å²) < 4.78 is 36.2. The van der Waals surface area contributed by atoms with E-state index < -0.39 is 23.5 Å². The molecule has 1 N–H and O–H groups in total. The molecule has 126 valence electrons. The van der Waals surface area contributed by atoms with Crippen molar-refractivity contribution in [2.75, 3.05) is 19.8 Å². The van der Waals surface area contributed by atoms with Gasteiger partial charge in [-0.3, -0.25) is 9.59 Å². The molecule has 0 aliphatic carbocycles. The van der Waals surface area contributed by atoms with Crippen LogP contribution in [0.15, 0.2) is 48.5 Å². The summed E-state index contributed by atoms with van der Waals surface area (Å²) >= 11 is 0. The zero-order chi connectivity index (χ0) is 17.4. The fourth-order valence-electron chi connectivity index (χ4n) is 1.80. The van der Waals surface area contributed by atoms with Gasteiger partial charge in [0.1, 0.15) is 25.6 Å². The van der Waals surface area contributed by atoms with E-state index in [1.54, 1.807) is 6.07 Å². The highest BCUT2D eigenvalue weighted by Crippen LogP contribution is 2.14. The van der Waals surface area contributed by atoms with Crippen molar-refractivity contribution in [2.24, 2.45) is 0 Å². The van der Waals surface area contributed by atoms with Gasteiger partial charge in [-0.25, -0.2) is 8.78 Å². The van der Waals surface area contributed by atoms with Crippen LogP contribution in [-0.2, 0) is 9.53 Å². The molecule has 0 saturated carbocycles. The Morgan fingerprint density at radius 1 is 1.00 bits per heavy atom. The molecule has 2 aromatic rings. The number of nitrogens with one attached hydrogen (secondary N) is 1. The summed E-state index contributed by atoms with van der Waals surface area (Å²) in [5.74, 6) is -2.26. The van der Waals surface area contributed by atoms with Gasteiger partial charge in [0.2, 0.25) is 0 Å². The van der Waals surface area contributed by atoms with Crippen LogP contribution in [0.2, 0.25) is 0 Å². The average Bonchev–Trinajstić information content (AvgIpc) is 2.58. The Labute approximate surface area is 137 Å². The molecule has 1 amide bonds. The Balaban J connectivity index is 1.66. The summed E-state index contributed by atoms with van der Waals surface area (Å²) in [5.41, 5.74) is 0.102. The van der Waals surface area contributed by atoms with E-state index in [1.165, 1.54) is 36.4 Å². The summed E-state index contributed by atoms with van der Waals surface area (Å²) in [6, 6.07) is 10.9. The Morgan fingerprint density at radius 2 is 1.79 bits per heavy atom. The quantitative estimate of drug-likeness (QED) is 0.623. The first-order valence-corrected chi connectivity index (χ1v) is 7.13. The summed E-state index contributed by atoms with van der Waals surface area (Å²) in [6.45, 7) is -0.484. The number of hydrogen-bond donors (Lipinski definition) is 1. The van der Waals surface area contributed by atoms with E-state index >= 15 is 0 Å². The average molecular weight is 335 g/mol. The van der Waals surface area contributed by atoms with Crippen LogP contribution in [0.25, 0.3) is 0 Å². The maximum absolute atomic E-state index is 13.3. The number of halogens is 2. The zero-order valence-electron chi connectivity index (χ0n) is 12.6. The van der Waals surface area contributed by atoms with E-state index in [2.05, 4.69) is 5.32 Å². The molecule has 0 unspecified atom stereocenters. The van der Waals surface area contributed by atoms with E-state index in [1.807, 2.05) is 0 Å². The molecule has 0 radical (unpaired) electrons. The maximum Gasteiger partial charge on any atom is 0.325 e. The van der Waals surface area contributed by atoms with Crippen molar-refractivity contribution in [3.05, 3.63) is 65.7 Å². The van der Waals surface area contributed by atoms with Crippen LogP contribution in [0.4, 0.5) is 8.78 Å². The SMILES string of the molecule is O=C(CNC(=O)c1cccc(F)c1)OCCOc1ccccc1F. The smallest absolute Gasteiger partial charge is 0.325 e. The van der Waals surface area contributed by atoms with Gasteiger partial charge in [-0.2, -0.15) is 0 Å². The second-order valence-corrected chi connectivity index (χ2v) is 4.69. The molecule has 0 spiro atoms. The van der Waals surface area contributed by atoms with E-state index in [9.17, 15) is 18.4 Å². The predicted molar refractivity (Wildman–Crippen MR) is 81.6 cm³/mol. The zero-order valence-corrected chi connectivity index (χ0v) is 12.6. The molecule has 2 rings (SSSR count). The van der Waals surface area contributed by atoms with Crippen LogP contribution < -0.4 is 10.1 Å². The van der Waals surface area contributed by atoms with Crippen molar-refractivity contribution in [3.8, 4) is 5.75 Å².